The van der Waals surface area contributed by atoms with Gasteiger partial charge in [0.1, 0.15) is 0 Å². The van der Waals surface area contributed by atoms with Crippen molar-refractivity contribution in [3.8, 4) is 0 Å². The maximum absolute atomic E-state index is 10.9. The van der Waals surface area contributed by atoms with Crippen LogP contribution >= 0.6 is 0 Å². The molecular weight excluding hydrogens is 270 g/mol. The van der Waals surface area contributed by atoms with E-state index >= 15 is 0 Å². The minimum absolute atomic E-state index is 0.436. The normalized spacial score (nSPS) is 17.3. The predicted octanol–water partition coefficient (Wildman–Crippen LogP) is 4.12. The zero-order valence-electron chi connectivity index (χ0n) is 12.7. The monoisotopic (exact) mass is 291 g/mol. The van der Waals surface area contributed by atoms with Crippen molar-refractivity contribution in [1.82, 2.24) is 4.90 Å². The van der Waals surface area contributed by atoms with Gasteiger partial charge >= 0.3 is 0 Å². The van der Waals surface area contributed by atoms with E-state index in [1.807, 2.05) is 0 Å². The Morgan fingerprint density at radius 1 is 0.864 bits per heavy atom. The second-order valence-corrected chi connectivity index (χ2v) is 6.26. The molecule has 1 aliphatic heterocycles. The van der Waals surface area contributed by atoms with Crippen molar-refractivity contribution >= 4 is 21.5 Å². The molecule has 112 valence electrons. The molecule has 1 unspecified atom stereocenters. The van der Waals surface area contributed by atoms with Crippen LogP contribution in [0.5, 0.6) is 0 Å². The highest BCUT2D eigenvalue weighted by Crippen LogP contribution is 2.33. The summed E-state index contributed by atoms with van der Waals surface area (Å²) in [4.78, 5) is 2.38. The molecule has 2 nitrogen and oxygen atoms in total. The summed E-state index contributed by atoms with van der Waals surface area (Å²) in [6, 6.07) is 19.0. The minimum atomic E-state index is -0.436. The summed E-state index contributed by atoms with van der Waals surface area (Å²) in [7, 11) is 0. The lowest BCUT2D eigenvalue weighted by Gasteiger charge is -2.22. The number of β-amino-alcohol motifs (C(OH)–C–C–N with tert-alkyl or cyclic N) is 1. The van der Waals surface area contributed by atoms with Gasteiger partial charge in [0.15, 0.2) is 0 Å². The van der Waals surface area contributed by atoms with Crippen LogP contribution in [-0.4, -0.2) is 29.6 Å². The van der Waals surface area contributed by atoms with Crippen molar-refractivity contribution in [2.24, 2.45) is 0 Å². The summed E-state index contributed by atoms with van der Waals surface area (Å²) >= 11 is 0. The molecule has 1 heterocycles. The summed E-state index contributed by atoms with van der Waals surface area (Å²) in [5.74, 6) is 0. The number of benzene rings is 3. The van der Waals surface area contributed by atoms with E-state index in [4.69, 9.17) is 0 Å². The Morgan fingerprint density at radius 2 is 1.41 bits per heavy atom. The van der Waals surface area contributed by atoms with E-state index in [1.165, 1.54) is 34.4 Å². The molecule has 0 aliphatic carbocycles. The lowest BCUT2D eigenvalue weighted by atomic mass is 9.93. The number of aliphatic hydroxyl groups excluding tert-OH is 1. The van der Waals surface area contributed by atoms with Gasteiger partial charge in [-0.25, -0.2) is 0 Å². The van der Waals surface area contributed by atoms with Crippen LogP contribution < -0.4 is 0 Å². The van der Waals surface area contributed by atoms with E-state index in [2.05, 4.69) is 59.5 Å². The summed E-state index contributed by atoms with van der Waals surface area (Å²) in [5, 5.41) is 15.7. The van der Waals surface area contributed by atoms with E-state index in [-0.39, 0.29) is 0 Å². The average molecular weight is 291 g/mol. The van der Waals surface area contributed by atoms with Gasteiger partial charge in [-0.05, 0) is 59.1 Å². The van der Waals surface area contributed by atoms with Crippen LogP contribution in [0.15, 0.2) is 54.6 Å². The van der Waals surface area contributed by atoms with Gasteiger partial charge in [0.2, 0.25) is 0 Å². The van der Waals surface area contributed by atoms with Crippen molar-refractivity contribution in [2.45, 2.75) is 18.9 Å². The van der Waals surface area contributed by atoms with E-state index in [1.54, 1.807) is 0 Å². The fourth-order valence-corrected chi connectivity index (χ4v) is 3.71. The van der Waals surface area contributed by atoms with Gasteiger partial charge in [0.25, 0.3) is 0 Å². The highest BCUT2D eigenvalue weighted by molar-refractivity contribution is 6.02. The molecule has 1 N–H and O–H groups in total. The minimum Gasteiger partial charge on any atom is -0.387 e. The van der Waals surface area contributed by atoms with Crippen LogP contribution in [0, 0.1) is 0 Å². The molecule has 0 aromatic heterocycles. The predicted molar refractivity (Wildman–Crippen MR) is 92.1 cm³/mol. The molecule has 1 fully saturated rings. The molecule has 1 saturated heterocycles. The largest absolute Gasteiger partial charge is 0.387 e. The van der Waals surface area contributed by atoms with Crippen molar-refractivity contribution in [2.75, 3.05) is 19.6 Å². The van der Waals surface area contributed by atoms with Crippen molar-refractivity contribution in [3.05, 3.63) is 60.2 Å². The van der Waals surface area contributed by atoms with Crippen LogP contribution in [0.1, 0.15) is 24.5 Å². The zero-order valence-corrected chi connectivity index (χ0v) is 12.7. The van der Waals surface area contributed by atoms with Gasteiger partial charge in [-0.15, -0.1) is 0 Å². The lowest BCUT2D eigenvalue weighted by Crippen LogP contribution is -2.25. The van der Waals surface area contributed by atoms with Crippen molar-refractivity contribution < 1.29 is 5.11 Å². The third-order valence-electron chi connectivity index (χ3n) is 4.78. The summed E-state index contributed by atoms with van der Waals surface area (Å²) in [5.41, 5.74) is 1.08. The number of nitrogens with zero attached hydrogens (tertiary/aromatic N) is 1. The Kier molecular flexibility index (Phi) is 3.57. The van der Waals surface area contributed by atoms with Crippen LogP contribution in [0.25, 0.3) is 21.5 Å². The van der Waals surface area contributed by atoms with Gasteiger partial charge in [-0.3, -0.25) is 0 Å². The van der Waals surface area contributed by atoms with Gasteiger partial charge in [-0.2, -0.15) is 0 Å². The SMILES string of the molecule is OC(CN1CCCC1)c1c2ccccc2cc2ccccc12. The van der Waals surface area contributed by atoms with Crippen LogP contribution in [-0.2, 0) is 0 Å². The van der Waals surface area contributed by atoms with Gasteiger partial charge < -0.3 is 10.0 Å². The number of hydrogen-bond acceptors (Lipinski definition) is 2. The Hall–Kier alpha value is -1.90. The molecule has 4 rings (SSSR count). The van der Waals surface area contributed by atoms with E-state index in [9.17, 15) is 5.11 Å². The first-order chi connectivity index (χ1) is 10.8. The van der Waals surface area contributed by atoms with Gasteiger partial charge in [0.05, 0.1) is 6.10 Å². The van der Waals surface area contributed by atoms with Gasteiger partial charge in [0, 0.05) is 6.54 Å². The number of hydrogen-bond donors (Lipinski definition) is 1. The first-order valence-corrected chi connectivity index (χ1v) is 8.14. The van der Waals surface area contributed by atoms with E-state index < -0.39 is 6.10 Å². The molecule has 22 heavy (non-hydrogen) atoms. The molecule has 2 heteroatoms. The second kappa shape index (κ2) is 5.71. The number of likely N-dealkylation sites (tertiary alicyclic amines) is 1. The fraction of sp³-hybridized carbons (Fsp3) is 0.300. The van der Waals surface area contributed by atoms with Gasteiger partial charge in [-0.1, -0.05) is 48.5 Å². The van der Waals surface area contributed by atoms with Crippen LogP contribution in [0.3, 0.4) is 0 Å². The first-order valence-electron chi connectivity index (χ1n) is 8.14. The Labute approximate surface area is 131 Å². The third kappa shape index (κ3) is 2.39. The number of rotatable bonds is 3. The zero-order chi connectivity index (χ0) is 14.9. The Balaban J connectivity index is 1.87. The lowest BCUT2D eigenvalue weighted by molar-refractivity contribution is 0.128. The topological polar surface area (TPSA) is 23.5 Å². The Bertz CT molecular complexity index is 751. The van der Waals surface area contributed by atoms with Crippen molar-refractivity contribution in [1.29, 1.82) is 0 Å². The van der Waals surface area contributed by atoms with Crippen LogP contribution in [0.2, 0.25) is 0 Å². The number of fused-ring (bicyclic) bond motifs is 2. The third-order valence-corrected chi connectivity index (χ3v) is 4.78. The molecule has 0 radical (unpaired) electrons. The molecule has 3 aromatic rings. The van der Waals surface area contributed by atoms with E-state index in [0.717, 1.165) is 25.2 Å². The molecule has 1 atom stereocenters. The highest BCUT2D eigenvalue weighted by atomic mass is 16.3. The molecule has 0 amide bonds. The molecule has 3 aromatic carbocycles. The molecule has 0 saturated carbocycles. The smallest absolute Gasteiger partial charge is 0.0928 e. The summed E-state index contributed by atoms with van der Waals surface area (Å²) in [6.45, 7) is 2.96. The second-order valence-electron chi connectivity index (χ2n) is 6.26. The maximum Gasteiger partial charge on any atom is 0.0928 e. The highest BCUT2D eigenvalue weighted by Gasteiger charge is 2.20. The number of aliphatic hydroxyl groups is 1. The summed E-state index contributed by atoms with van der Waals surface area (Å²) in [6.07, 6.45) is 2.07. The standard InChI is InChI=1S/C20H21NO/c22-19(14-21-11-5-6-12-21)20-17-9-3-1-7-15(17)13-16-8-2-4-10-18(16)20/h1-4,7-10,13,19,22H,5-6,11-12,14H2. The average Bonchev–Trinajstić information content (AvgIpc) is 3.05. The maximum atomic E-state index is 10.9. The fourth-order valence-electron chi connectivity index (χ4n) is 3.71. The first kappa shape index (κ1) is 13.7. The molecular formula is C20H21NO. The Morgan fingerprint density at radius 3 is 2.00 bits per heavy atom. The molecule has 0 bridgehead atoms. The van der Waals surface area contributed by atoms with Crippen molar-refractivity contribution in [3.63, 3.8) is 0 Å². The summed E-state index contributed by atoms with van der Waals surface area (Å²) < 4.78 is 0. The van der Waals surface area contributed by atoms with Crippen LogP contribution in [0.4, 0.5) is 0 Å². The molecule has 1 aliphatic rings. The quantitative estimate of drug-likeness (QED) is 0.734. The molecule has 0 spiro atoms. The van der Waals surface area contributed by atoms with E-state index in [0.29, 0.717) is 0 Å².